The van der Waals surface area contributed by atoms with E-state index in [1.807, 2.05) is 35.7 Å². The van der Waals surface area contributed by atoms with Crippen LogP contribution in [-0.2, 0) is 6.54 Å². The molecule has 1 fully saturated rings. The molecule has 1 N–H and O–H groups in total. The fraction of sp³-hybridized carbons (Fsp3) is 0.217. The minimum atomic E-state index is -0.382. The van der Waals surface area contributed by atoms with E-state index in [0.29, 0.717) is 43.4 Å². The lowest BCUT2D eigenvalue weighted by molar-refractivity contribution is 0.0625. The van der Waals surface area contributed by atoms with Gasteiger partial charge in [0, 0.05) is 56.1 Å². The number of hydrogen-bond acceptors (Lipinski definition) is 6. The Hall–Kier alpha value is -3.56. The average molecular weight is 448 g/mol. The maximum Gasteiger partial charge on any atom is 0.261 e. The Morgan fingerprint density at radius 3 is 2.56 bits per heavy atom. The first-order chi connectivity index (χ1) is 15.6. The Morgan fingerprint density at radius 1 is 1.03 bits per heavy atom. The van der Waals surface area contributed by atoms with E-state index in [4.69, 9.17) is 0 Å². The average Bonchev–Trinajstić information content (AvgIpc) is 3.29. The summed E-state index contributed by atoms with van der Waals surface area (Å²) in [6.07, 6.45) is 1.72. The Balaban J connectivity index is 1.24. The summed E-state index contributed by atoms with van der Waals surface area (Å²) >= 11 is 1.43. The van der Waals surface area contributed by atoms with Crippen LogP contribution in [-0.4, -0.2) is 56.3 Å². The van der Waals surface area contributed by atoms with Crippen LogP contribution in [0.4, 0.5) is 0 Å². The zero-order valence-electron chi connectivity index (χ0n) is 17.2. The summed E-state index contributed by atoms with van der Waals surface area (Å²) in [6, 6.07) is 14.5. The minimum Gasteiger partial charge on any atom is -0.336 e. The highest BCUT2D eigenvalue weighted by Crippen LogP contribution is 2.16. The number of rotatable bonds is 4. The van der Waals surface area contributed by atoms with Crippen molar-refractivity contribution >= 4 is 22.2 Å². The number of hydrogen-bond donors (Lipinski definition) is 1. The van der Waals surface area contributed by atoms with Gasteiger partial charge in [0.2, 0.25) is 0 Å². The molecule has 0 radical (unpaired) electrons. The lowest BCUT2D eigenvalue weighted by atomic mass is 10.1. The number of piperazine rings is 1. The zero-order valence-corrected chi connectivity index (χ0v) is 18.0. The van der Waals surface area contributed by atoms with Gasteiger partial charge in [0.25, 0.3) is 17.0 Å². The lowest BCUT2D eigenvalue weighted by Crippen LogP contribution is -2.49. The summed E-state index contributed by atoms with van der Waals surface area (Å²) in [7, 11) is 0. The number of benzene rings is 1. The molecular formula is C23H21N5O3S. The topological polar surface area (TPSA) is 90.8 Å². The number of carbonyl (C=O) groups excluding carboxylic acids is 1. The van der Waals surface area contributed by atoms with Gasteiger partial charge in [-0.3, -0.25) is 23.7 Å². The molecule has 0 unspecified atom stereocenters. The second kappa shape index (κ2) is 8.52. The Morgan fingerprint density at radius 2 is 1.81 bits per heavy atom. The number of H-pyrrole nitrogens is 1. The van der Waals surface area contributed by atoms with Crippen molar-refractivity contribution in [3.05, 3.63) is 92.1 Å². The van der Waals surface area contributed by atoms with Gasteiger partial charge in [-0.2, -0.15) is 0 Å². The maximum absolute atomic E-state index is 12.9. The first-order valence-corrected chi connectivity index (χ1v) is 11.2. The van der Waals surface area contributed by atoms with Crippen LogP contribution in [0, 0.1) is 0 Å². The van der Waals surface area contributed by atoms with Crippen LogP contribution in [0.25, 0.3) is 16.2 Å². The standard InChI is InChI=1S/C23H21N5O3S/c29-20-14-17(24-23-28(20)12-13-32-23)15-26-8-10-27(11-9-26)22(31)18-6-7-19(25-21(18)30)16-4-2-1-3-5-16/h1-7,12-14H,8-11,15H2,(H,25,30). The number of nitrogens with one attached hydrogen (secondary N) is 1. The normalized spacial score (nSPS) is 14.7. The van der Waals surface area contributed by atoms with Gasteiger partial charge in [-0.25, -0.2) is 4.98 Å². The summed E-state index contributed by atoms with van der Waals surface area (Å²) in [5.41, 5.74) is 1.99. The van der Waals surface area contributed by atoms with Crippen LogP contribution >= 0.6 is 11.3 Å². The summed E-state index contributed by atoms with van der Waals surface area (Å²) in [4.78, 5) is 49.6. The molecule has 1 aliphatic rings. The SMILES string of the molecule is O=C(c1ccc(-c2ccccc2)[nH]c1=O)N1CCN(Cc2cc(=O)n3ccsc3n2)CC1. The monoisotopic (exact) mass is 447 g/mol. The highest BCUT2D eigenvalue weighted by atomic mass is 32.1. The van der Waals surface area contributed by atoms with Crippen LogP contribution in [0.15, 0.2) is 69.7 Å². The molecule has 0 spiro atoms. The highest BCUT2D eigenvalue weighted by molar-refractivity contribution is 7.15. The van der Waals surface area contributed by atoms with Gasteiger partial charge in [0.1, 0.15) is 5.56 Å². The third-order valence-electron chi connectivity index (χ3n) is 5.63. The van der Waals surface area contributed by atoms with Gasteiger partial charge in [-0.05, 0) is 17.7 Å². The molecule has 0 saturated carbocycles. The molecule has 1 amide bonds. The second-order valence-corrected chi connectivity index (χ2v) is 8.56. The second-order valence-electron chi connectivity index (χ2n) is 7.69. The molecule has 1 aromatic carbocycles. The van der Waals surface area contributed by atoms with Crippen molar-refractivity contribution in [2.75, 3.05) is 26.2 Å². The summed E-state index contributed by atoms with van der Waals surface area (Å²) in [5, 5.41) is 1.84. The van der Waals surface area contributed by atoms with E-state index in [1.165, 1.54) is 15.7 Å². The van der Waals surface area contributed by atoms with Gasteiger partial charge in [-0.15, -0.1) is 11.3 Å². The number of pyridine rings is 1. The van der Waals surface area contributed by atoms with Crippen LogP contribution in [0.3, 0.4) is 0 Å². The molecule has 8 nitrogen and oxygen atoms in total. The smallest absolute Gasteiger partial charge is 0.261 e. The van der Waals surface area contributed by atoms with E-state index in [0.717, 1.165) is 11.3 Å². The molecule has 9 heteroatoms. The highest BCUT2D eigenvalue weighted by Gasteiger charge is 2.24. The number of nitrogens with zero attached hydrogens (tertiary/aromatic N) is 4. The third kappa shape index (κ3) is 4.00. The van der Waals surface area contributed by atoms with E-state index >= 15 is 0 Å². The van der Waals surface area contributed by atoms with Gasteiger partial charge in [0.05, 0.1) is 5.69 Å². The van der Waals surface area contributed by atoms with Crippen molar-refractivity contribution in [2.24, 2.45) is 0 Å². The Labute approximate surface area is 187 Å². The van der Waals surface area contributed by atoms with Crippen molar-refractivity contribution in [1.82, 2.24) is 24.2 Å². The van der Waals surface area contributed by atoms with Gasteiger partial charge in [-0.1, -0.05) is 30.3 Å². The van der Waals surface area contributed by atoms with Crippen LogP contribution in [0.2, 0.25) is 0 Å². The Bertz CT molecular complexity index is 1380. The molecule has 4 heterocycles. The fourth-order valence-electron chi connectivity index (χ4n) is 3.91. The molecule has 0 aliphatic carbocycles. The van der Waals surface area contributed by atoms with Crippen molar-refractivity contribution in [3.8, 4) is 11.3 Å². The van der Waals surface area contributed by atoms with E-state index in [9.17, 15) is 14.4 Å². The predicted molar refractivity (Wildman–Crippen MR) is 123 cm³/mol. The molecule has 32 heavy (non-hydrogen) atoms. The molecule has 3 aromatic heterocycles. The summed E-state index contributed by atoms with van der Waals surface area (Å²) in [6.45, 7) is 2.88. The van der Waals surface area contributed by atoms with Crippen molar-refractivity contribution in [3.63, 3.8) is 0 Å². The van der Waals surface area contributed by atoms with Crippen molar-refractivity contribution in [1.29, 1.82) is 0 Å². The summed E-state index contributed by atoms with van der Waals surface area (Å²) < 4.78 is 1.53. The van der Waals surface area contributed by atoms with Crippen LogP contribution < -0.4 is 11.1 Å². The number of carbonyl (C=O) groups is 1. The van der Waals surface area contributed by atoms with Crippen LogP contribution in [0.1, 0.15) is 16.1 Å². The van der Waals surface area contributed by atoms with Crippen molar-refractivity contribution in [2.45, 2.75) is 6.54 Å². The molecular weight excluding hydrogens is 426 g/mol. The van der Waals surface area contributed by atoms with Gasteiger partial charge in [0.15, 0.2) is 4.96 Å². The predicted octanol–water partition coefficient (Wildman–Crippen LogP) is 2.07. The summed E-state index contributed by atoms with van der Waals surface area (Å²) in [5.74, 6) is -0.262. The van der Waals surface area contributed by atoms with E-state index in [2.05, 4.69) is 14.9 Å². The number of thiazole rings is 1. The van der Waals surface area contributed by atoms with Gasteiger partial charge >= 0.3 is 0 Å². The van der Waals surface area contributed by atoms with E-state index in [-0.39, 0.29) is 22.6 Å². The number of aromatic nitrogens is 3. The van der Waals surface area contributed by atoms with E-state index in [1.54, 1.807) is 29.3 Å². The molecule has 4 aromatic rings. The minimum absolute atomic E-state index is 0.0850. The molecule has 0 bridgehead atoms. The zero-order chi connectivity index (χ0) is 22.1. The largest absolute Gasteiger partial charge is 0.336 e. The maximum atomic E-state index is 12.9. The van der Waals surface area contributed by atoms with Gasteiger partial charge < -0.3 is 9.88 Å². The van der Waals surface area contributed by atoms with Crippen molar-refractivity contribution < 1.29 is 4.79 Å². The molecule has 1 saturated heterocycles. The van der Waals surface area contributed by atoms with E-state index < -0.39 is 0 Å². The number of amides is 1. The molecule has 1 aliphatic heterocycles. The Kier molecular flexibility index (Phi) is 5.42. The number of aromatic amines is 1. The first kappa shape index (κ1) is 20.3. The molecule has 5 rings (SSSR count). The fourth-order valence-corrected chi connectivity index (χ4v) is 4.64. The third-order valence-corrected chi connectivity index (χ3v) is 6.38. The first-order valence-electron chi connectivity index (χ1n) is 10.3. The quantitative estimate of drug-likeness (QED) is 0.517. The van der Waals surface area contributed by atoms with Crippen LogP contribution in [0.5, 0.6) is 0 Å². The number of fused-ring (bicyclic) bond motifs is 1. The lowest BCUT2D eigenvalue weighted by Gasteiger charge is -2.34. The molecule has 0 atom stereocenters. The molecule has 162 valence electrons.